The summed E-state index contributed by atoms with van der Waals surface area (Å²) in [7, 11) is 3.24. The summed E-state index contributed by atoms with van der Waals surface area (Å²) in [6.07, 6.45) is 4.16. The Kier molecular flexibility index (Phi) is 6.85. The van der Waals surface area contributed by atoms with Gasteiger partial charge in [-0.25, -0.2) is 14.8 Å². The van der Waals surface area contributed by atoms with Crippen LogP contribution in [0.5, 0.6) is 0 Å². The number of aromatic amines is 1. The Labute approximate surface area is 192 Å². The van der Waals surface area contributed by atoms with E-state index in [2.05, 4.69) is 44.7 Å². The Hall–Kier alpha value is -3.50. The minimum absolute atomic E-state index is 0.550. The Morgan fingerprint density at radius 1 is 1.06 bits per heavy atom. The molecule has 0 unspecified atom stereocenters. The Bertz CT molecular complexity index is 1160. The highest BCUT2D eigenvalue weighted by atomic mass is 16.7. The number of nitrogens with one attached hydrogen (secondary N) is 1. The molecule has 1 aromatic carbocycles. The fourth-order valence-corrected chi connectivity index (χ4v) is 3.82. The van der Waals surface area contributed by atoms with Crippen LogP contribution in [0.25, 0.3) is 22.6 Å². The maximum absolute atomic E-state index is 5.64. The second-order valence-electron chi connectivity index (χ2n) is 7.62. The van der Waals surface area contributed by atoms with E-state index in [1.54, 1.807) is 20.4 Å². The standard InChI is InChI=1S/C23H28N8O2/c1-5-8-19-25-22(23(6-2,32-3)33-4)28-31(19)15-16-10-12-17(13-11-16)20-18(9-7-14-24-20)21-26-29-30-27-21/h7,9-14H,5-6,8,15H2,1-4H3,(H,26,27,29,30). The number of tetrazole rings is 1. The number of aromatic nitrogens is 8. The second-order valence-corrected chi connectivity index (χ2v) is 7.62. The third kappa shape index (κ3) is 4.53. The molecular weight excluding hydrogens is 420 g/mol. The van der Waals surface area contributed by atoms with Gasteiger partial charge in [-0.3, -0.25) is 4.98 Å². The van der Waals surface area contributed by atoms with Gasteiger partial charge in [-0.2, -0.15) is 0 Å². The summed E-state index contributed by atoms with van der Waals surface area (Å²) in [5.41, 5.74) is 3.73. The zero-order valence-electron chi connectivity index (χ0n) is 19.3. The highest BCUT2D eigenvalue weighted by molar-refractivity contribution is 5.76. The van der Waals surface area contributed by atoms with E-state index in [0.717, 1.165) is 41.1 Å². The molecule has 3 heterocycles. The molecule has 3 aromatic heterocycles. The average Bonchev–Trinajstić information content (AvgIpc) is 3.53. The molecule has 0 aliphatic carbocycles. The van der Waals surface area contributed by atoms with E-state index in [-0.39, 0.29) is 0 Å². The van der Waals surface area contributed by atoms with Gasteiger partial charge in [-0.1, -0.05) is 38.1 Å². The lowest BCUT2D eigenvalue weighted by molar-refractivity contribution is -0.222. The number of rotatable bonds is 10. The van der Waals surface area contributed by atoms with E-state index in [1.165, 1.54) is 0 Å². The smallest absolute Gasteiger partial charge is 0.231 e. The van der Waals surface area contributed by atoms with Crippen LogP contribution in [-0.2, 0) is 28.2 Å². The lowest BCUT2D eigenvalue weighted by atomic mass is 10.0. The van der Waals surface area contributed by atoms with Crippen LogP contribution in [0.2, 0.25) is 0 Å². The van der Waals surface area contributed by atoms with Crippen molar-refractivity contribution in [2.24, 2.45) is 0 Å². The van der Waals surface area contributed by atoms with Crippen LogP contribution in [-0.4, -0.2) is 54.6 Å². The molecule has 0 radical (unpaired) electrons. The summed E-state index contributed by atoms with van der Waals surface area (Å²) in [6, 6.07) is 12.0. The summed E-state index contributed by atoms with van der Waals surface area (Å²) >= 11 is 0. The number of H-pyrrole nitrogens is 1. The largest absolute Gasteiger partial charge is 0.347 e. The molecule has 0 saturated heterocycles. The van der Waals surface area contributed by atoms with E-state index < -0.39 is 5.79 Å². The molecule has 0 bridgehead atoms. The number of hydrogen-bond donors (Lipinski definition) is 1. The zero-order chi connectivity index (χ0) is 23.3. The number of methoxy groups -OCH3 is 2. The molecule has 4 aromatic rings. The highest BCUT2D eigenvalue weighted by Crippen LogP contribution is 2.29. The van der Waals surface area contributed by atoms with Crippen molar-refractivity contribution in [3.8, 4) is 22.6 Å². The topological polar surface area (TPSA) is 117 Å². The normalized spacial score (nSPS) is 11.8. The van der Waals surface area contributed by atoms with E-state index >= 15 is 0 Å². The van der Waals surface area contributed by atoms with Gasteiger partial charge >= 0.3 is 0 Å². The molecule has 0 aliphatic rings. The van der Waals surface area contributed by atoms with Crippen molar-refractivity contribution < 1.29 is 9.47 Å². The Morgan fingerprint density at radius 2 is 1.85 bits per heavy atom. The quantitative estimate of drug-likeness (QED) is 0.367. The van der Waals surface area contributed by atoms with Gasteiger partial charge in [0, 0.05) is 44.4 Å². The van der Waals surface area contributed by atoms with Crippen LogP contribution in [0.4, 0.5) is 0 Å². The first kappa shape index (κ1) is 22.7. The lowest BCUT2D eigenvalue weighted by Crippen LogP contribution is -2.31. The number of nitrogens with zero attached hydrogens (tertiary/aromatic N) is 7. The summed E-state index contributed by atoms with van der Waals surface area (Å²) in [4.78, 5) is 9.30. The third-order valence-corrected chi connectivity index (χ3v) is 5.66. The molecule has 33 heavy (non-hydrogen) atoms. The van der Waals surface area contributed by atoms with Crippen molar-refractivity contribution in [3.63, 3.8) is 0 Å². The molecule has 0 aliphatic heterocycles. The zero-order valence-corrected chi connectivity index (χ0v) is 19.3. The first-order valence-corrected chi connectivity index (χ1v) is 11.0. The Balaban J connectivity index is 1.62. The SMILES string of the molecule is CCCc1nc(C(CC)(OC)OC)nn1Cc1ccc(-c2ncccc2-c2nnn[nH]2)cc1. The fraction of sp³-hybridized carbons (Fsp3) is 0.391. The summed E-state index contributed by atoms with van der Waals surface area (Å²) in [5.74, 6) is 1.10. The van der Waals surface area contributed by atoms with Crippen molar-refractivity contribution >= 4 is 0 Å². The molecule has 10 heteroatoms. The summed E-state index contributed by atoms with van der Waals surface area (Å²) in [5, 5.41) is 18.9. The number of benzene rings is 1. The lowest BCUT2D eigenvalue weighted by Gasteiger charge is -2.26. The number of hydrogen-bond acceptors (Lipinski definition) is 8. The van der Waals surface area contributed by atoms with Gasteiger partial charge in [-0.15, -0.1) is 10.2 Å². The van der Waals surface area contributed by atoms with Crippen molar-refractivity contribution in [1.82, 2.24) is 40.4 Å². The molecule has 1 N–H and O–H groups in total. The summed E-state index contributed by atoms with van der Waals surface area (Å²) in [6.45, 7) is 4.71. The van der Waals surface area contributed by atoms with E-state index in [1.807, 2.05) is 35.9 Å². The molecule has 4 rings (SSSR count). The predicted molar refractivity (Wildman–Crippen MR) is 122 cm³/mol. The number of pyridine rings is 1. The fourth-order valence-electron chi connectivity index (χ4n) is 3.82. The highest BCUT2D eigenvalue weighted by Gasteiger charge is 2.35. The predicted octanol–water partition coefficient (Wildman–Crippen LogP) is 3.38. The van der Waals surface area contributed by atoms with Gasteiger partial charge in [0.25, 0.3) is 0 Å². The van der Waals surface area contributed by atoms with Gasteiger partial charge in [-0.05, 0) is 34.5 Å². The van der Waals surface area contributed by atoms with Crippen LogP contribution in [0, 0.1) is 0 Å². The van der Waals surface area contributed by atoms with Crippen molar-refractivity contribution in [1.29, 1.82) is 0 Å². The summed E-state index contributed by atoms with van der Waals surface area (Å²) < 4.78 is 13.2. The van der Waals surface area contributed by atoms with Crippen LogP contribution in [0.1, 0.15) is 43.9 Å². The molecule has 0 saturated carbocycles. The molecular formula is C23H28N8O2. The van der Waals surface area contributed by atoms with Gasteiger partial charge in [0.05, 0.1) is 12.2 Å². The van der Waals surface area contributed by atoms with E-state index in [4.69, 9.17) is 19.6 Å². The molecule has 172 valence electrons. The molecule has 10 nitrogen and oxygen atoms in total. The third-order valence-electron chi connectivity index (χ3n) is 5.66. The maximum Gasteiger partial charge on any atom is 0.231 e. The van der Waals surface area contributed by atoms with E-state index in [0.29, 0.717) is 24.6 Å². The molecule has 0 amide bonds. The van der Waals surface area contributed by atoms with Gasteiger partial charge in [0.2, 0.25) is 11.6 Å². The minimum Gasteiger partial charge on any atom is -0.347 e. The van der Waals surface area contributed by atoms with Crippen LogP contribution < -0.4 is 0 Å². The van der Waals surface area contributed by atoms with Gasteiger partial charge in [0.15, 0.2) is 5.82 Å². The molecule has 0 atom stereocenters. The minimum atomic E-state index is -0.942. The van der Waals surface area contributed by atoms with Crippen molar-refractivity contribution in [2.45, 2.75) is 45.4 Å². The average molecular weight is 449 g/mol. The first-order chi connectivity index (χ1) is 16.1. The van der Waals surface area contributed by atoms with Crippen molar-refractivity contribution in [3.05, 3.63) is 59.8 Å². The monoisotopic (exact) mass is 448 g/mol. The van der Waals surface area contributed by atoms with Crippen molar-refractivity contribution in [2.75, 3.05) is 14.2 Å². The van der Waals surface area contributed by atoms with Crippen LogP contribution in [0.15, 0.2) is 42.6 Å². The Morgan fingerprint density at radius 3 is 2.48 bits per heavy atom. The molecule has 0 fully saturated rings. The first-order valence-electron chi connectivity index (χ1n) is 11.0. The maximum atomic E-state index is 5.64. The molecule has 0 spiro atoms. The van der Waals surface area contributed by atoms with E-state index in [9.17, 15) is 0 Å². The number of ether oxygens (including phenoxy) is 2. The van der Waals surface area contributed by atoms with Gasteiger partial charge in [0.1, 0.15) is 5.82 Å². The second kappa shape index (κ2) is 9.97. The van der Waals surface area contributed by atoms with Crippen LogP contribution >= 0.6 is 0 Å². The van der Waals surface area contributed by atoms with Gasteiger partial charge < -0.3 is 9.47 Å². The van der Waals surface area contributed by atoms with Crippen LogP contribution in [0.3, 0.4) is 0 Å². The number of aryl methyl sites for hydroxylation is 1.